The van der Waals surface area contributed by atoms with Gasteiger partial charge in [0.1, 0.15) is 0 Å². The summed E-state index contributed by atoms with van der Waals surface area (Å²) in [6.07, 6.45) is -0.320. The van der Waals surface area contributed by atoms with Crippen molar-refractivity contribution in [3.05, 3.63) is 71.8 Å². The van der Waals surface area contributed by atoms with Gasteiger partial charge in [-0.05, 0) is 11.1 Å². The number of hydrogen-bond acceptors (Lipinski definition) is 2. The van der Waals surface area contributed by atoms with Gasteiger partial charge in [0.25, 0.3) is 6.47 Å². The van der Waals surface area contributed by atoms with E-state index in [0.717, 1.165) is 11.1 Å². The van der Waals surface area contributed by atoms with E-state index >= 15 is 0 Å². The Kier molecular flexibility index (Phi) is 3.34. The average molecular weight is 212 g/mol. The van der Waals surface area contributed by atoms with Crippen LogP contribution in [0.3, 0.4) is 0 Å². The fourth-order valence-electron chi connectivity index (χ4n) is 1.66. The molecule has 0 saturated carbocycles. The van der Waals surface area contributed by atoms with E-state index in [1.165, 1.54) is 0 Å². The maximum atomic E-state index is 10.5. The van der Waals surface area contributed by atoms with E-state index in [2.05, 4.69) is 0 Å². The molecule has 0 fully saturated rings. The second kappa shape index (κ2) is 5.12. The zero-order chi connectivity index (χ0) is 11.2. The molecule has 0 aliphatic rings. The Labute approximate surface area is 94.5 Å². The van der Waals surface area contributed by atoms with Gasteiger partial charge in [0, 0.05) is 0 Å². The highest BCUT2D eigenvalue weighted by Crippen LogP contribution is 2.24. The minimum absolute atomic E-state index is 0.320. The van der Waals surface area contributed by atoms with Crippen LogP contribution in [0.4, 0.5) is 0 Å². The lowest BCUT2D eigenvalue weighted by atomic mass is 10.0. The molecule has 0 spiro atoms. The molecule has 0 aliphatic carbocycles. The third kappa shape index (κ3) is 2.28. The molecule has 0 atom stereocenters. The van der Waals surface area contributed by atoms with Crippen LogP contribution in [0.25, 0.3) is 0 Å². The molecule has 0 heterocycles. The van der Waals surface area contributed by atoms with E-state index in [9.17, 15) is 4.79 Å². The zero-order valence-corrected chi connectivity index (χ0v) is 8.74. The van der Waals surface area contributed by atoms with E-state index in [-0.39, 0.29) is 6.10 Å². The van der Waals surface area contributed by atoms with Gasteiger partial charge in [-0.3, -0.25) is 4.79 Å². The second-order valence-electron chi connectivity index (χ2n) is 3.43. The average Bonchev–Trinajstić information content (AvgIpc) is 2.38. The number of hydrogen-bond donors (Lipinski definition) is 0. The largest absolute Gasteiger partial charge is 0.455 e. The van der Waals surface area contributed by atoms with Crippen LogP contribution >= 0.6 is 0 Å². The Morgan fingerprint density at radius 2 is 1.25 bits per heavy atom. The molecule has 2 rings (SSSR count). The van der Waals surface area contributed by atoms with Crippen molar-refractivity contribution in [2.24, 2.45) is 0 Å². The molecule has 0 radical (unpaired) electrons. The molecule has 2 aromatic rings. The van der Waals surface area contributed by atoms with Crippen molar-refractivity contribution in [1.82, 2.24) is 0 Å². The van der Waals surface area contributed by atoms with Gasteiger partial charge in [-0.25, -0.2) is 0 Å². The van der Waals surface area contributed by atoms with E-state index in [1.807, 2.05) is 60.7 Å². The first-order valence-electron chi connectivity index (χ1n) is 5.11. The Hall–Kier alpha value is -2.09. The Balaban J connectivity index is 2.35. The van der Waals surface area contributed by atoms with Gasteiger partial charge in [-0.2, -0.15) is 0 Å². The third-order valence-corrected chi connectivity index (χ3v) is 2.40. The molecule has 0 N–H and O–H groups in total. The number of carbonyl (C=O) groups excluding carboxylic acids is 1. The van der Waals surface area contributed by atoms with Crippen LogP contribution in [0.15, 0.2) is 60.7 Å². The van der Waals surface area contributed by atoms with Crippen molar-refractivity contribution < 1.29 is 9.53 Å². The van der Waals surface area contributed by atoms with Crippen molar-refractivity contribution >= 4 is 6.47 Å². The maximum Gasteiger partial charge on any atom is 0.294 e. The summed E-state index contributed by atoms with van der Waals surface area (Å²) in [6, 6.07) is 19.4. The first-order chi connectivity index (χ1) is 7.92. The maximum absolute atomic E-state index is 10.5. The minimum Gasteiger partial charge on any atom is -0.455 e. The Morgan fingerprint density at radius 3 is 1.62 bits per heavy atom. The van der Waals surface area contributed by atoms with Crippen LogP contribution in [0.1, 0.15) is 17.2 Å². The Morgan fingerprint density at radius 1 is 0.812 bits per heavy atom. The molecule has 0 amide bonds. The van der Waals surface area contributed by atoms with Crippen molar-refractivity contribution in [2.75, 3.05) is 0 Å². The predicted molar refractivity (Wildman–Crippen MR) is 61.9 cm³/mol. The second-order valence-corrected chi connectivity index (χ2v) is 3.43. The van der Waals surface area contributed by atoms with E-state index in [4.69, 9.17) is 4.74 Å². The molecule has 2 nitrogen and oxygen atoms in total. The van der Waals surface area contributed by atoms with Crippen LogP contribution in [0.2, 0.25) is 0 Å². The number of benzene rings is 2. The number of carbonyl (C=O) groups is 1. The smallest absolute Gasteiger partial charge is 0.294 e. The summed E-state index contributed by atoms with van der Waals surface area (Å²) in [6.45, 7) is 0.491. The predicted octanol–water partition coefficient (Wildman–Crippen LogP) is 2.95. The summed E-state index contributed by atoms with van der Waals surface area (Å²) in [4.78, 5) is 10.5. The van der Waals surface area contributed by atoms with E-state index in [1.54, 1.807) is 0 Å². The lowest BCUT2D eigenvalue weighted by Gasteiger charge is -2.15. The van der Waals surface area contributed by atoms with Crippen LogP contribution < -0.4 is 0 Å². The molecule has 2 aromatic carbocycles. The molecule has 16 heavy (non-hydrogen) atoms. The molecule has 0 aliphatic heterocycles. The zero-order valence-electron chi connectivity index (χ0n) is 8.74. The fourth-order valence-corrected chi connectivity index (χ4v) is 1.66. The number of ether oxygens (including phenoxy) is 1. The monoisotopic (exact) mass is 212 g/mol. The van der Waals surface area contributed by atoms with Gasteiger partial charge in [-0.15, -0.1) is 0 Å². The quantitative estimate of drug-likeness (QED) is 0.728. The van der Waals surface area contributed by atoms with Gasteiger partial charge in [-0.1, -0.05) is 60.7 Å². The molecule has 0 unspecified atom stereocenters. The molecular formula is C14H12O2. The molecule has 80 valence electrons. The fraction of sp³-hybridized carbons (Fsp3) is 0.0714. The molecular weight excluding hydrogens is 200 g/mol. The van der Waals surface area contributed by atoms with Gasteiger partial charge in [0.2, 0.25) is 0 Å². The van der Waals surface area contributed by atoms with Crippen LogP contribution in [-0.2, 0) is 9.53 Å². The highest BCUT2D eigenvalue weighted by Gasteiger charge is 2.13. The summed E-state index contributed by atoms with van der Waals surface area (Å²) < 4.78 is 5.13. The molecule has 0 aromatic heterocycles. The minimum atomic E-state index is -0.320. The van der Waals surface area contributed by atoms with Crippen molar-refractivity contribution in [1.29, 1.82) is 0 Å². The van der Waals surface area contributed by atoms with E-state index in [0.29, 0.717) is 6.47 Å². The summed E-state index contributed by atoms with van der Waals surface area (Å²) in [5.74, 6) is 0. The third-order valence-electron chi connectivity index (χ3n) is 2.40. The number of rotatable bonds is 4. The molecule has 0 bridgehead atoms. The topological polar surface area (TPSA) is 26.3 Å². The Bertz CT molecular complexity index is 397. The van der Waals surface area contributed by atoms with Crippen molar-refractivity contribution in [3.8, 4) is 0 Å². The van der Waals surface area contributed by atoms with Crippen LogP contribution in [0, 0.1) is 0 Å². The molecule has 0 saturated heterocycles. The summed E-state index contributed by atoms with van der Waals surface area (Å²) in [7, 11) is 0. The van der Waals surface area contributed by atoms with Gasteiger partial charge < -0.3 is 4.74 Å². The summed E-state index contributed by atoms with van der Waals surface area (Å²) in [5.41, 5.74) is 1.95. The van der Waals surface area contributed by atoms with Crippen LogP contribution in [-0.4, -0.2) is 6.47 Å². The normalized spacial score (nSPS) is 10.1. The van der Waals surface area contributed by atoms with Gasteiger partial charge in [0.15, 0.2) is 6.10 Å². The van der Waals surface area contributed by atoms with Crippen LogP contribution in [0.5, 0.6) is 0 Å². The first-order valence-corrected chi connectivity index (χ1v) is 5.11. The van der Waals surface area contributed by atoms with Gasteiger partial charge in [0.05, 0.1) is 0 Å². The van der Waals surface area contributed by atoms with Crippen molar-refractivity contribution in [2.45, 2.75) is 6.10 Å². The first kappa shape index (κ1) is 10.4. The molecule has 2 heteroatoms. The van der Waals surface area contributed by atoms with E-state index < -0.39 is 0 Å². The van der Waals surface area contributed by atoms with Gasteiger partial charge >= 0.3 is 0 Å². The highest BCUT2D eigenvalue weighted by molar-refractivity contribution is 5.41. The highest BCUT2D eigenvalue weighted by atomic mass is 16.5. The summed E-state index contributed by atoms with van der Waals surface area (Å²) in [5, 5.41) is 0. The lowest BCUT2D eigenvalue weighted by Crippen LogP contribution is -2.04. The van der Waals surface area contributed by atoms with Crippen molar-refractivity contribution in [3.63, 3.8) is 0 Å². The SMILES string of the molecule is O=COC(c1ccccc1)c1ccccc1. The lowest BCUT2D eigenvalue weighted by molar-refractivity contribution is -0.132. The standard InChI is InChI=1S/C14H12O2/c15-11-16-14(12-7-3-1-4-8-12)13-9-5-2-6-10-13/h1-11,14H. The summed E-state index contributed by atoms with van der Waals surface area (Å²) >= 11 is 0.